The first-order valence-corrected chi connectivity index (χ1v) is 7.10. The lowest BCUT2D eigenvalue weighted by Crippen LogP contribution is -2.37. The second-order valence-corrected chi connectivity index (χ2v) is 6.27. The van der Waals surface area contributed by atoms with Crippen LogP contribution in [-0.4, -0.2) is 35.3 Å². The summed E-state index contributed by atoms with van der Waals surface area (Å²) in [5, 5.41) is 9.85. The van der Waals surface area contributed by atoms with Crippen molar-refractivity contribution in [3.63, 3.8) is 0 Å². The van der Waals surface area contributed by atoms with Crippen LogP contribution in [0.4, 0.5) is 4.79 Å². The molecule has 0 spiro atoms. The van der Waals surface area contributed by atoms with Crippen molar-refractivity contribution in [2.24, 2.45) is 5.41 Å². The van der Waals surface area contributed by atoms with Gasteiger partial charge < -0.3 is 14.7 Å². The van der Waals surface area contributed by atoms with Crippen LogP contribution in [-0.2, 0) is 11.3 Å². The van der Waals surface area contributed by atoms with Gasteiger partial charge in [-0.1, -0.05) is 44.2 Å². The van der Waals surface area contributed by atoms with Crippen molar-refractivity contribution in [3.8, 4) is 0 Å². The molecule has 1 aromatic rings. The minimum absolute atomic E-state index is 0.0817. The summed E-state index contributed by atoms with van der Waals surface area (Å²) >= 11 is 0. The summed E-state index contributed by atoms with van der Waals surface area (Å²) < 4.78 is 5.36. The highest BCUT2D eigenvalue weighted by Crippen LogP contribution is 2.28. The van der Waals surface area contributed by atoms with Gasteiger partial charge in [-0.15, -0.1) is 0 Å². The number of hydrogen-bond donors (Lipinski definition) is 1. The standard InChI is InChI=1S/C16H23NO3/c1-16(2)10-14(18)8-9-17(12-16)15(19)20-11-13-6-4-3-5-7-13/h3-7,14,18H,8-12H2,1-2H3. The lowest BCUT2D eigenvalue weighted by atomic mass is 9.87. The summed E-state index contributed by atoms with van der Waals surface area (Å²) in [6.45, 7) is 5.60. The molecule has 1 fully saturated rings. The second-order valence-electron chi connectivity index (χ2n) is 6.27. The van der Waals surface area contributed by atoms with E-state index < -0.39 is 0 Å². The lowest BCUT2D eigenvalue weighted by molar-refractivity contribution is 0.0850. The summed E-state index contributed by atoms with van der Waals surface area (Å²) in [5.74, 6) is 0. The van der Waals surface area contributed by atoms with Crippen LogP contribution in [0.25, 0.3) is 0 Å². The van der Waals surface area contributed by atoms with Crippen LogP contribution in [0.5, 0.6) is 0 Å². The van der Waals surface area contributed by atoms with E-state index in [9.17, 15) is 9.90 Å². The van der Waals surface area contributed by atoms with Crippen LogP contribution in [0.3, 0.4) is 0 Å². The van der Waals surface area contributed by atoms with Crippen LogP contribution in [0.2, 0.25) is 0 Å². The van der Waals surface area contributed by atoms with E-state index in [0.29, 0.717) is 26.1 Å². The molecule has 1 amide bonds. The van der Waals surface area contributed by atoms with Gasteiger partial charge in [0.25, 0.3) is 0 Å². The van der Waals surface area contributed by atoms with Crippen molar-refractivity contribution >= 4 is 6.09 Å². The lowest BCUT2D eigenvalue weighted by Gasteiger charge is -2.29. The predicted molar refractivity (Wildman–Crippen MR) is 77.2 cm³/mol. The molecule has 1 atom stereocenters. The smallest absolute Gasteiger partial charge is 0.410 e. The topological polar surface area (TPSA) is 49.8 Å². The van der Waals surface area contributed by atoms with Crippen molar-refractivity contribution < 1.29 is 14.6 Å². The average molecular weight is 277 g/mol. The van der Waals surface area contributed by atoms with E-state index in [1.165, 1.54) is 0 Å². The number of carbonyl (C=O) groups excluding carboxylic acids is 1. The predicted octanol–water partition coefficient (Wildman–Crippen LogP) is 2.81. The van der Waals surface area contributed by atoms with Crippen LogP contribution in [0.1, 0.15) is 32.3 Å². The van der Waals surface area contributed by atoms with Crippen molar-refractivity contribution in [1.82, 2.24) is 4.90 Å². The molecular weight excluding hydrogens is 254 g/mol. The van der Waals surface area contributed by atoms with E-state index in [2.05, 4.69) is 13.8 Å². The van der Waals surface area contributed by atoms with E-state index >= 15 is 0 Å². The fourth-order valence-corrected chi connectivity index (χ4v) is 2.67. The minimum Gasteiger partial charge on any atom is -0.445 e. The van der Waals surface area contributed by atoms with Gasteiger partial charge in [-0.2, -0.15) is 0 Å². The zero-order valence-corrected chi connectivity index (χ0v) is 12.2. The van der Waals surface area contributed by atoms with Gasteiger partial charge in [0.2, 0.25) is 0 Å². The van der Waals surface area contributed by atoms with E-state index in [4.69, 9.17) is 4.74 Å². The Morgan fingerprint density at radius 1 is 1.40 bits per heavy atom. The molecule has 1 aliphatic heterocycles. The highest BCUT2D eigenvalue weighted by molar-refractivity contribution is 5.67. The van der Waals surface area contributed by atoms with Gasteiger partial charge in [0.1, 0.15) is 6.61 Å². The molecule has 0 aromatic heterocycles. The number of carbonyl (C=O) groups is 1. The number of likely N-dealkylation sites (tertiary alicyclic amines) is 1. The number of aliphatic hydroxyl groups is 1. The van der Waals surface area contributed by atoms with Gasteiger partial charge in [-0.05, 0) is 23.8 Å². The normalized spacial score (nSPS) is 22.1. The van der Waals surface area contributed by atoms with Gasteiger partial charge in [-0.3, -0.25) is 0 Å². The van der Waals surface area contributed by atoms with E-state index in [1.807, 2.05) is 30.3 Å². The summed E-state index contributed by atoms with van der Waals surface area (Å²) in [7, 11) is 0. The summed E-state index contributed by atoms with van der Waals surface area (Å²) in [4.78, 5) is 13.8. The van der Waals surface area contributed by atoms with Gasteiger partial charge in [0, 0.05) is 13.1 Å². The fourth-order valence-electron chi connectivity index (χ4n) is 2.67. The SMILES string of the molecule is CC1(C)CC(O)CCN(C(=O)OCc2ccccc2)C1. The van der Waals surface area contributed by atoms with Crippen molar-refractivity contribution in [3.05, 3.63) is 35.9 Å². The molecule has 4 nitrogen and oxygen atoms in total. The van der Waals surface area contributed by atoms with Gasteiger partial charge >= 0.3 is 6.09 Å². The Hall–Kier alpha value is -1.55. The highest BCUT2D eigenvalue weighted by atomic mass is 16.6. The molecule has 1 unspecified atom stereocenters. The largest absolute Gasteiger partial charge is 0.445 e. The van der Waals surface area contributed by atoms with Gasteiger partial charge in [0.15, 0.2) is 0 Å². The third kappa shape index (κ3) is 4.23. The minimum atomic E-state index is -0.336. The maximum atomic E-state index is 12.1. The fraction of sp³-hybridized carbons (Fsp3) is 0.562. The summed E-state index contributed by atoms with van der Waals surface area (Å²) in [5.41, 5.74) is 0.900. The van der Waals surface area contributed by atoms with Crippen LogP contribution < -0.4 is 0 Å². The molecule has 1 N–H and O–H groups in total. The van der Waals surface area contributed by atoms with Crippen LogP contribution in [0, 0.1) is 5.41 Å². The molecule has 4 heteroatoms. The molecule has 20 heavy (non-hydrogen) atoms. The number of benzene rings is 1. The number of ether oxygens (including phenoxy) is 1. The number of hydrogen-bond acceptors (Lipinski definition) is 3. The Labute approximate surface area is 120 Å². The monoisotopic (exact) mass is 277 g/mol. The maximum absolute atomic E-state index is 12.1. The first-order valence-electron chi connectivity index (χ1n) is 7.10. The van der Waals surface area contributed by atoms with Crippen LogP contribution in [0.15, 0.2) is 30.3 Å². The van der Waals surface area contributed by atoms with Gasteiger partial charge in [-0.25, -0.2) is 4.79 Å². The third-order valence-electron chi connectivity index (χ3n) is 3.60. The number of rotatable bonds is 2. The summed E-state index contributed by atoms with van der Waals surface area (Å²) in [6, 6.07) is 9.65. The first-order chi connectivity index (χ1) is 9.46. The maximum Gasteiger partial charge on any atom is 0.410 e. The summed E-state index contributed by atoms with van der Waals surface area (Å²) in [6.07, 6.45) is 0.701. The van der Waals surface area contributed by atoms with Crippen LogP contribution >= 0.6 is 0 Å². The zero-order chi connectivity index (χ0) is 14.6. The Morgan fingerprint density at radius 3 is 2.80 bits per heavy atom. The molecular formula is C16H23NO3. The Balaban J connectivity index is 1.91. The Bertz CT molecular complexity index is 444. The second kappa shape index (κ2) is 6.27. The quantitative estimate of drug-likeness (QED) is 0.904. The molecule has 0 aliphatic carbocycles. The Kier molecular flexibility index (Phi) is 4.65. The van der Waals surface area contributed by atoms with Crippen molar-refractivity contribution in [1.29, 1.82) is 0 Å². The molecule has 1 aromatic carbocycles. The zero-order valence-electron chi connectivity index (χ0n) is 12.2. The molecule has 110 valence electrons. The third-order valence-corrected chi connectivity index (χ3v) is 3.60. The average Bonchev–Trinajstić information content (AvgIpc) is 2.54. The number of amides is 1. The molecule has 1 aliphatic rings. The highest BCUT2D eigenvalue weighted by Gasteiger charge is 2.31. The Morgan fingerprint density at radius 2 is 2.10 bits per heavy atom. The molecule has 1 saturated heterocycles. The first kappa shape index (κ1) is 14.9. The van der Waals surface area contributed by atoms with Crippen molar-refractivity contribution in [2.75, 3.05) is 13.1 Å². The van der Waals surface area contributed by atoms with E-state index in [1.54, 1.807) is 4.90 Å². The van der Waals surface area contributed by atoms with E-state index in [-0.39, 0.29) is 17.6 Å². The van der Waals surface area contributed by atoms with Gasteiger partial charge in [0.05, 0.1) is 6.10 Å². The number of aliphatic hydroxyl groups excluding tert-OH is 1. The number of nitrogens with zero attached hydrogens (tertiary/aromatic N) is 1. The van der Waals surface area contributed by atoms with E-state index in [0.717, 1.165) is 12.0 Å². The van der Waals surface area contributed by atoms with Crippen molar-refractivity contribution in [2.45, 2.75) is 39.4 Å². The molecule has 1 heterocycles. The molecule has 2 rings (SSSR count). The molecule has 0 radical (unpaired) electrons. The molecule has 0 bridgehead atoms. The molecule has 0 saturated carbocycles.